The molecular formula is C32H35FN6O. The first-order chi connectivity index (χ1) is 19.2. The molecule has 0 spiro atoms. The Kier molecular flexibility index (Phi) is 8.97. The van der Waals surface area contributed by atoms with E-state index in [0.29, 0.717) is 23.6 Å². The number of carbonyl (C=O) groups excluding carboxylic acids is 1. The van der Waals surface area contributed by atoms with E-state index in [9.17, 15) is 9.18 Å². The van der Waals surface area contributed by atoms with Gasteiger partial charge < -0.3 is 20.5 Å². The number of nitriles is 1. The summed E-state index contributed by atoms with van der Waals surface area (Å²) in [7, 11) is 0. The maximum atomic E-state index is 15.0. The Bertz CT molecular complexity index is 1440. The molecule has 0 saturated heterocycles. The van der Waals surface area contributed by atoms with Gasteiger partial charge >= 0.3 is 6.03 Å². The molecule has 4 aromatic rings. The number of alkyl halides is 1. The van der Waals surface area contributed by atoms with Crippen LogP contribution in [0.2, 0.25) is 0 Å². The zero-order valence-electron chi connectivity index (χ0n) is 23.1. The average molecular weight is 539 g/mol. The monoisotopic (exact) mass is 538 g/mol. The predicted octanol–water partition coefficient (Wildman–Crippen LogP) is 6.39. The minimum absolute atomic E-state index is 0.209. The summed E-state index contributed by atoms with van der Waals surface area (Å²) in [5.74, 6) is 0.648. The molecule has 40 heavy (non-hydrogen) atoms. The molecule has 3 aromatic carbocycles. The van der Waals surface area contributed by atoms with Crippen LogP contribution in [-0.2, 0) is 6.54 Å². The van der Waals surface area contributed by atoms with Crippen LogP contribution < -0.4 is 11.1 Å². The second-order valence-electron chi connectivity index (χ2n) is 10.8. The molecule has 1 heterocycles. The van der Waals surface area contributed by atoms with E-state index in [1.54, 1.807) is 24.3 Å². The van der Waals surface area contributed by atoms with Gasteiger partial charge in [0.2, 0.25) is 0 Å². The van der Waals surface area contributed by atoms with Gasteiger partial charge in [-0.25, -0.2) is 14.2 Å². The van der Waals surface area contributed by atoms with Crippen molar-refractivity contribution in [3.63, 3.8) is 0 Å². The first kappa shape index (κ1) is 28.5. The van der Waals surface area contributed by atoms with Crippen LogP contribution >= 0.6 is 0 Å². The van der Waals surface area contributed by atoms with Gasteiger partial charge in [-0.3, -0.25) is 0 Å². The lowest BCUT2D eigenvalue weighted by Gasteiger charge is -2.40. The van der Waals surface area contributed by atoms with E-state index in [4.69, 9.17) is 16.0 Å². The maximum absolute atomic E-state index is 15.0. The van der Waals surface area contributed by atoms with Gasteiger partial charge in [-0.1, -0.05) is 81.4 Å². The molecule has 0 fully saturated rings. The van der Waals surface area contributed by atoms with Crippen molar-refractivity contribution in [2.45, 2.75) is 39.5 Å². The van der Waals surface area contributed by atoms with Crippen molar-refractivity contribution in [2.24, 2.45) is 11.1 Å². The van der Waals surface area contributed by atoms with Crippen LogP contribution in [0.4, 0.5) is 14.9 Å². The maximum Gasteiger partial charge on any atom is 0.322 e. The molecule has 206 valence electrons. The largest absolute Gasteiger partial charge is 0.328 e. The first-order valence-electron chi connectivity index (χ1n) is 13.3. The molecule has 3 N–H and O–H groups in total. The average Bonchev–Trinajstić information content (AvgIpc) is 3.36. The van der Waals surface area contributed by atoms with Gasteiger partial charge in [-0.15, -0.1) is 0 Å². The zero-order valence-corrected chi connectivity index (χ0v) is 23.1. The quantitative estimate of drug-likeness (QED) is 0.258. The van der Waals surface area contributed by atoms with E-state index < -0.39 is 23.7 Å². The van der Waals surface area contributed by atoms with Crippen molar-refractivity contribution < 1.29 is 9.18 Å². The summed E-state index contributed by atoms with van der Waals surface area (Å²) in [5, 5.41) is 12.0. The summed E-state index contributed by atoms with van der Waals surface area (Å²) in [6.07, 6.45) is 0.561. The van der Waals surface area contributed by atoms with Crippen LogP contribution in [0, 0.1) is 16.7 Å². The number of carbonyl (C=O) groups is 1. The number of aromatic nitrogens is 2. The van der Waals surface area contributed by atoms with Crippen LogP contribution in [0.5, 0.6) is 0 Å². The molecule has 0 saturated carbocycles. The second-order valence-corrected chi connectivity index (χ2v) is 10.8. The number of urea groups is 1. The molecule has 0 aliphatic carbocycles. The highest BCUT2D eigenvalue weighted by molar-refractivity contribution is 5.89. The fourth-order valence-electron chi connectivity index (χ4n) is 4.71. The molecular weight excluding hydrogens is 503 g/mol. The smallest absolute Gasteiger partial charge is 0.322 e. The lowest BCUT2D eigenvalue weighted by Crippen LogP contribution is -2.48. The van der Waals surface area contributed by atoms with E-state index in [1.165, 1.54) is 4.90 Å². The number of benzene rings is 3. The molecule has 7 nitrogen and oxygen atoms in total. The van der Waals surface area contributed by atoms with E-state index in [-0.39, 0.29) is 13.1 Å². The lowest BCUT2D eigenvalue weighted by molar-refractivity contribution is 0.0960. The van der Waals surface area contributed by atoms with Gasteiger partial charge in [0.05, 0.1) is 29.9 Å². The van der Waals surface area contributed by atoms with Crippen molar-refractivity contribution >= 4 is 11.7 Å². The van der Waals surface area contributed by atoms with E-state index >= 15 is 0 Å². The summed E-state index contributed by atoms with van der Waals surface area (Å²) in [6, 6.07) is 27.4. The molecule has 4 rings (SSSR count). The Hall–Kier alpha value is -4.48. The summed E-state index contributed by atoms with van der Waals surface area (Å²) in [4.78, 5) is 20.4. The Morgan fingerprint density at radius 2 is 1.68 bits per heavy atom. The van der Waals surface area contributed by atoms with E-state index in [0.717, 1.165) is 16.8 Å². The zero-order chi connectivity index (χ0) is 28.7. The van der Waals surface area contributed by atoms with Crippen molar-refractivity contribution in [3.05, 3.63) is 108 Å². The molecule has 0 bridgehead atoms. The molecule has 0 aliphatic heterocycles. The lowest BCUT2D eigenvalue weighted by atomic mass is 9.84. The van der Waals surface area contributed by atoms with Crippen molar-refractivity contribution in [2.75, 3.05) is 18.4 Å². The number of rotatable bonds is 9. The number of nitrogens with zero attached hydrogens (tertiary/aromatic N) is 4. The summed E-state index contributed by atoms with van der Waals surface area (Å²) in [5.41, 5.74) is 8.93. The van der Waals surface area contributed by atoms with Crippen LogP contribution in [0.15, 0.2) is 91.1 Å². The predicted molar refractivity (Wildman–Crippen MR) is 156 cm³/mol. The highest BCUT2D eigenvalue weighted by atomic mass is 19.1. The van der Waals surface area contributed by atoms with Crippen LogP contribution in [-0.4, -0.2) is 39.7 Å². The second kappa shape index (κ2) is 12.6. The fraction of sp³-hybridized carbons (Fsp3) is 0.281. The Morgan fingerprint density at radius 1 is 1.05 bits per heavy atom. The molecule has 2 amide bonds. The minimum Gasteiger partial charge on any atom is -0.328 e. The molecule has 2 atom stereocenters. The number of amides is 2. The summed E-state index contributed by atoms with van der Waals surface area (Å²) >= 11 is 0. The Labute approximate surface area is 235 Å². The molecule has 1 aromatic heterocycles. The van der Waals surface area contributed by atoms with E-state index in [2.05, 4.69) is 11.4 Å². The van der Waals surface area contributed by atoms with Gasteiger partial charge in [0.1, 0.15) is 12.0 Å². The summed E-state index contributed by atoms with van der Waals surface area (Å²) < 4.78 is 17.0. The normalized spacial score (nSPS) is 12.8. The van der Waals surface area contributed by atoms with Gasteiger partial charge in [0, 0.05) is 30.5 Å². The molecule has 0 radical (unpaired) electrons. The van der Waals surface area contributed by atoms with Crippen molar-refractivity contribution in [1.29, 1.82) is 5.26 Å². The number of imidazole rings is 1. The van der Waals surface area contributed by atoms with Crippen LogP contribution in [0.25, 0.3) is 11.3 Å². The van der Waals surface area contributed by atoms with Gasteiger partial charge in [-0.05, 0) is 35.2 Å². The number of nitrogens with one attached hydrogen (secondary N) is 1. The first-order valence-corrected chi connectivity index (χ1v) is 13.3. The van der Waals surface area contributed by atoms with Crippen molar-refractivity contribution in [1.82, 2.24) is 14.5 Å². The third kappa shape index (κ3) is 6.93. The Balaban J connectivity index is 1.81. The highest BCUT2D eigenvalue weighted by Gasteiger charge is 2.39. The van der Waals surface area contributed by atoms with Crippen LogP contribution in [0.3, 0.4) is 0 Å². The fourth-order valence-corrected chi connectivity index (χ4v) is 4.71. The number of anilines is 1. The standard InChI is InChI=1S/C32H35FN6O/c1-32(2,3)29(39(21-26(33)19-35)31(40)36-27-16-14-23(18-34)15-17-27)30-37-28(25-12-8-5-9-13-25)22-38(30)20-24-10-6-4-7-11-24/h4-17,22,26,29H,19-21,35H2,1-3H3,(H,36,40)/t26-,29+/m1/s1. The van der Waals surface area contributed by atoms with Gasteiger partial charge in [0.15, 0.2) is 0 Å². The van der Waals surface area contributed by atoms with Crippen LogP contribution in [0.1, 0.15) is 43.8 Å². The van der Waals surface area contributed by atoms with Crippen molar-refractivity contribution in [3.8, 4) is 17.3 Å². The van der Waals surface area contributed by atoms with E-state index in [1.807, 2.05) is 92.2 Å². The molecule has 0 unspecified atom stereocenters. The topological polar surface area (TPSA) is 100.0 Å². The van der Waals surface area contributed by atoms with Gasteiger partial charge in [-0.2, -0.15) is 5.26 Å². The third-order valence-electron chi connectivity index (χ3n) is 6.63. The number of hydrogen-bond donors (Lipinski definition) is 2. The minimum atomic E-state index is -1.43. The Morgan fingerprint density at radius 3 is 2.25 bits per heavy atom. The van der Waals surface area contributed by atoms with Gasteiger partial charge in [0.25, 0.3) is 0 Å². The molecule has 0 aliphatic rings. The molecule has 8 heteroatoms. The third-order valence-corrected chi connectivity index (χ3v) is 6.63. The number of halogens is 1. The number of hydrogen-bond acceptors (Lipinski definition) is 4. The number of nitrogens with two attached hydrogens (primary N) is 1. The summed E-state index contributed by atoms with van der Waals surface area (Å²) in [6.45, 7) is 6.14. The SMILES string of the molecule is CC(C)(C)[C@H](c1nc(-c2ccccc2)cn1Cc1ccccc1)N(C[C@H](F)CN)C(=O)Nc1ccc(C#N)cc1. The highest BCUT2D eigenvalue weighted by Crippen LogP contribution is 2.39.